The first-order valence-corrected chi connectivity index (χ1v) is 13.1. The molecule has 0 unspecified atom stereocenters. The van der Waals surface area contributed by atoms with Gasteiger partial charge in [0.1, 0.15) is 0 Å². The van der Waals surface area contributed by atoms with Gasteiger partial charge in [-0.05, 0) is 68.1 Å². The lowest BCUT2D eigenvalue weighted by atomic mass is 10.1. The maximum atomic E-state index is 12.9. The molecule has 168 valence electrons. The van der Waals surface area contributed by atoms with Gasteiger partial charge in [-0.2, -0.15) is 4.31 Å². The number of aromatic nitrogens is 1. The number of carbonyl (C=O) groups is 1. The number of hydrogen-bond acceptors (Lipinski definition) is 5. The van der Waals surface area contributed by atoms with Gasteiger partial charge in [0.05, 0.1) is 20.7 Å². The maximum absolute atomic E-state index is 12.9. The fraction of sp³-hybridized carbons (Fsp3) is 0.333. The van der Waals surface area contributed by atoms with Crippen LogP contribution >= 0.6 is 11.8 Å². The maximum Gasteiger partial charge on any atom is 0.243 e. The number of para-hydroxylation sites is 1. The molecule has 2 aromatic carbocycles. The molecule has 3 aromatic rings. The molecule has 0 spiro atoms. The lowest BCUT2D eigenvalue weighted by molar-refractivity contribution is -0.115. The van der Waals surface area contributed by atoms with E-state index >= 15 is 0 Å². The third-order valence-corrected chi connectivity index (χ3v) is 8.81. The van der Waals surface area contributed by atoms with Crippen LogP contribution < -0.4 is 5.32 Å². The number of carbonyl (C=O) groups excluding carboxylic acids is 1. The van der Waals surface area contributed by atoms with E-state index in [0.717, 1.165) is 40.0 Å². The molecule has 6 nitrogen and oxygen atoms in total. The lowest BCUT2D eigenvalue weighted by Crippen LogP contribution is -2.27. The average molecular weight is 470 g/mol. The highest BCUT2D eigenvalue weighted by Gasteiger charge is 2.27. The van der Waals surface area contributed by atoms with E-state index in [0.29, 0.717) is 24.4 Å². The third kappa shape index (κ3) is 4.82. The summed E-state index contributed by atoms with van der Waals surface area (Å²) in [7, 11) is -3.47. The number of sulfonamides is 1. The molecule has 1 aliphatic heterocycles. The highest BCUT2D eigenvalue weighted by molar-refractivity contribution is 8.00. The summed E-state index contributed by atoms with van der Waals surface area (Å²) in [4.78, 5) is 17.8. The molecule has 2 heterocycles. The highest BCUT2D eigenvalue weighted by Crippen LogP contribution is 2.31. The zero-order chi connectivity index (χ0) is 22.7. The second-order valence-corrected chi connectivity index (χ2v) is 11.1. The quantitative estimate of drug-likeness (QED) is 0.501. The number of amides is 1. The van der Waals surface area contributed by atoms with Gasteiger partial charge in [0.2, 0.25) is 15.9 Å². The van der Waals surface area contributed by atoms with E-state index in [2.05, 4.69) is 5.32 Å². The minimum Gasteiger partial charge on any atom is -0.325 e. The minimum atomic E-state index is -3.47. The van der Waals surface area contributed by atoms with E-state index in [-0.39, 0.29) is 11.2 Å². The number of nitrogens with zero attached hydrogens (tertiary/aromatic N) is 2. The molecule has 1 aromatic heterocycles. The largest absolute Gasteiger partial charge is 0.325 e. The summed E-state index contributed by atoms with van der Waals surface area (Å²) in [6.45, 7) is 5.09. The number of nitrogens with one attached hydrogen (secondary N) is 1. The molecule has 1 atom stereocenters. The van der Waals surface area contributed by atoms with Gasteiger partial charge in [-0.15, -0.1) is 0 Å². The molecule has 1 aliphatic rings. The summed E-state index contributed by atoms with van der Waals surface area (Å²) in [5.41, 5.74) is 2.44. The number of aryl methyl sites for hydroxylation is 1. The Kier molecular flexibility index (Phi) is 6.83. The van der Waals surface area contributed by atoms with Crippen molar-refractivity contribution in [2.24, 2.45) is 0 Å². The first-order chi connectivity index (χ1) is 15.4. The van der Waals surface area contributed by atoms with Crippen LogP contribution in [0.2, 0.25) is 0 Å². The Balaban J connectivity index is 1.57. The van der Waals surface area contributed by atoms with Crippen molar-refractivity contribution in [1.82, 2.24) is 9.29 Å². The van der Waals surface area contributed by atoms with Crippen LogP contribution in [0.5, 0.6) is 0 Å². The molecule has 32 heavy (non-hydrogen) atoms. The molecular formula is C24H27N3O3S2. The fourth-order valence-electron chi connectivity index (χ4n) is 3.85. The molecule has 0 radical (unpaired) electrons. The fourth-order valence-corrected chi connectivity index (χ4v) is 6.42. The van der Waals surface area contributed by atoms with Gasteiger partial charge in [-0.3, -0.25) is 4.79 Å². The number of pyridine rings is 1. The average Bonchev–Trinajstić information content (AvgIpc) is 3.34. The van der Waals surface area contributed by atoms with Crippen LogP contribution in [0.4, 0.5) is 5.69 Å². The Hall–Kier alpha value is -2.42. The SMILES string of the molecule is CC[C@@H](Sc1cc(C)c2cc(S(=O)(=O)N3CCCC3)ccc2n1)C(=O)Nc1ccccc1. The Morgan fingerprint density at radius 2 is 1.84 bits per heavy atom. The summed E-state index contributed by atoms with van der Waals surface area (Å²) in [6.07, 6.45) is 2.48. The molecule has 1 fully saturated rings. The Morgan fingerprint density at radius 1 is 1.12 bits per heavy atom. The van der Waals surface area contributed by atoms with Gasteiger partial charge in [-0.25, -0.2) is 13.4 Å². The zero-order valence-electron chi connectivity index (χ0n) is 18.2. The van der Waals surface area contributed by atoms with Gasteiger partial charge < -0.3 is 5.32 Å². The summed E-state index contributed by atoms with van der Waals surface area (Å²) in [5, 5.41) is 4.24. The number of thioether (sulfide) groups is 1. The van der Waals surface area contributed by atoms with Crippen molar-refractivity contribution in [3.8, 4) is 0 Å². The van der Waals surface area contributed by atoms with Crippen molar-refractivity contribution in [3.05, 3.63) is 60.2 Å². The van der Waals surface area contributed by atoms with Crippen molar-refractivity contribution in [3.63, 3.8) is 0 Å². The zero-order valence-corrected chi connectivity index (χ0v) is 19.9. The molecule has 1 amide bonds. The Morgan fingerprint density at radius 3 is 2.53 bits per heavy atom. The van der Waals surface area contributed by atoms with Crippen LogP contribution in [0.25, 0.3) is 10.9 Å². The monoisotopic (exact) mass is 469 g/mol. The number of rotatable bonds is 7. The van der Waals surface area contributed by atoms with Gasteiger partial charge >= 0.3 is 0 Å². The van der Waals surface area contributed by atoms with Crippen LogP contribution in [-0.2, 0) is 14.8 Å². The topological polar surface area (TPSA) is 79.4 Å². The van der Waals surface area contributed by atoms with E-state index in [9.17, 15) is 13.2 Å². The Labute approximate surface area is 193 Å². The summed E-state index contributed by atoms with van der Waals surface area (Å²) in [5.74, 6) is -0.0599. The molecule has 4 rings (SSSR count). The van der Waals surface area contributed by atoms with Crippen LogP contribution in [0.3, 0.4) is 0 Å². The van der Waals surface area contributed by atoms with Crippen molar-refractivity contribution < 1.29 is 13.2 Å². The first kappa shape index (κ1) is 22.8. The summed E-state index contributed by atoms with van der Waals surface area (Å²) < 4.78 is 27.4. The van der Waals surface area contributed by atoms with Gasteiger partial charge in [0.25, 0.3) is 0 Å². The van der Waals surface area contributed by atoms with Gasteiger partial charge in [0.15, 0.2) is 0 Å². The molecule has 1 saturated heterocycles. The first-order valence-electron chi connectivity index (χ1n) is 10.8. The number of fused-ring (bicyclic) bond motifs is 1. The normalized spacial score (nSPS) is 15.7. The molecule has 0 bridgehead atoms. The predicted molar refractivity (Wildman–Crippen MR) is 129 cm³/mol. The standard InChI is InChI=1S/C24H27N3O3S2/c1-3-22(24(28)25-18-9-5-4-6-10-18)31-23-15-17(2)20-16-19(11-12-21(20)26-23)32(29,30)27-13-7-8-14-27/h4-6,9-12,15-16,22H,3,7-8,13-14H2,1-2H3,(H,25,28)/t22-/m1/s1. The third-order valence-electron chi connectivity index (χ3n) is 5.63. The molecule has 1 N–H and O–H groups in total. The van der Waals surface area contributed by atoms with E-state index in [1.165, 1.54) is 11.8 Å². The number of anilines is 1. The minimum absolute atomic E-state index is 0.0599. The highest BCUT2D eigenvalue weighted by atomic mass is 32.2. The molecule has 0 saturated carbocycles. The van der Waals surface area contributed by atoms with Crippen LogP contribution in [0, 0.1) is 6.92 Å². The van der Waals surface area contributed by atoms with Crippen LogP contribution in [0.1, 0.15) is 31.7 Å². The molecule has 0 aliphatic carbocycles. The summed E-state index contributed by atoms with van der Waals surface area (Å²) in [6, 6.07) is 16.5. The van der Waals surface area contributed by atoms with Crippen molar-refractivity contribution in [2.75, 3.05) is 18.4 Å². The second kappa shape index (κ2) is 9.60. The number of hydrogen-bond donors (Lipinski definition) is 1. The second-order valence-electron chi connectivity index (χ2n) is 7.94. The van der Waals surface area contributed by atoms with Crippen molar-refractivity contribution in [1.29, 1.82) is 0 Å². The number of benzene rings is 2. The molecular weight excluding hydrogens is 442 g/mol. The molecule has 8 heteroatoms. The van der Waals surface area contributed by atoms with E-state index in [4.69, 9.17) is 4.98 Å². The Bertz CT molecular complexity index is 1220. The van der Waals surface area contributed by atoms with E-state index in [1.807, 2.05) is 50.2 Å². The van der Waals surface area contributed by atoms with E-state index < -0.39 is 10.0 Å². The smallest absolute Gasteiger partial charge is 0.243 e. The van der Waals surface area contributed by atoms with Crippen LogP contribution in [-0.4, -0.2) is 42.0 Å². The van der Waals surface area contributed by atoms with Gasteiger partial charge in [-0.1, -0.05) is 36.9 Å². The summed E-state index contributed by atoms with van der Waals surface area (Å²) >= 11 is 1.43. The van der Waals surface area contributed by atoms with Crippen LogP contribution in [0.15, 0.2) is 64.5 Å². The van der Waals surface area contributed by atoms with Crippen molar-refractivity contribution in [2.45, 2.75) is 48.3 Å². The van der Waals surface area contributed by atoms with Crippen molar-refractivity contribution >= 4 is 44.3 Å². The van der Waals surface area contributed by atoms with E-state index in [1.54, 1.807) is 22.5 Å². The van der Waals surface area contributed by atoms with Gasteiger partial charge in [0, 0.05) is 24.2 Å². The lowest BCUT2D eigenvalue weighted by Gasteiger charge is -2.17. The predicted octanol–water partition coefficient (Wildman–Crippen LogP) is 4.84.